The Morgan fingerprint density at radius 2 is 2.05 bits per heavy atom. The Bertz CT molecular complexity index is 572. The van der Waals surface area contributed by atoms with Gasteiger partial charge in [0.1, 0.15) is 11.5 Å². The smallest absolute Gasteiger partial charge is 0.118 e. The zero-order chi connectivity index (χ0) is 14.7. The largest absolute Gasteiger partial charge is 0.465 e. The van der Waals surface area contributed by atoms with Crippen molar-refractivity contribution in [1.29, 1.82) is 0 Å². The first-order chi connectivity index (χ1) is 10.2. The van der Waals surface area contributed by atoms with Crippen molar-refractivity contribution in [3.8, 4) is 0 Å². The van der Waals surface area contributed by atoms with Gasteiger partial charge >= 0.3 is 0 Å². The molecule has 1 saturated carbocycles. The van der Waals surface area contributed by atoms with Gasteiger partial charge < -0.3 is 14.5 Å². The van der Waals surface area contributed by atoms with Crippen molar-refractivity contribution in [1.82, 2.24) is 5.32 Å². The van der Waals surface area contributed by atoms with E-state index >= 15 is 0 Å². The van der Waals surface area contributed by atoms with Gasteiger partial charge in [-0.1, -0.05) is 30.3 Å². The Balaban J connectivity index is 1.54. The topological polar surface area (TPSA) is 34.4 Å². The highest BCUT2D eigenvalue weighted by molar-refractivity contribution is 5.21. The van der Waals surface area contributed by atoms with Crippen LogP contribution >= 0.6 is 0 Å². The maximum Gasteiger partial charge on any atom is 0.118 e. The molecule has 3 heteroatoms. The number of hydrogen-bond donors (Lipinski definition) is 1. The van der Waals surface area contributed by atoms with E-state index in [1.165, 1.54) is 18.4 Å². The molecular formula is C18H23NO2. The van der Waals surface area contributed by atoms with Crippen LogP contribution in [0, 0.1) is 6.92 Å². The molecule has 112 valence electrons. The van der Waals surface area contributed by atoms with Gasteiger partial charge in [0, 0.05) is 11.6 Å². The molecule has 21 heavy (non-hydrogen) atoms. The van der Waals surface area contributed by atoms with Crippen LogP contribution in [0.3, 0.4) is 0 Å². The van der Waals surface area contributed by atoms with E-state index < -0.39 is 0 Å². The zero-order valence-electron chi connectivity index (χ0n) is 12.8. The Morgan fingerprint density at radius 3 is 2.76 bits per heavy atom. The average molecular weight is 285 g/mol. The minimum absolute atomic E-state index is 0.0912. The van der Waals surface area contributed by atoms with E-state index in [4.69, 9.17) is 9.15 Å². The van der Waals surface area contributed by atoms with Gasteiger partial charge in [-0.15, -0.1) is 0 Å². The highest BCUT2D eigenvalue weighted by atomic mass is 16.5. The molecule has 1 fully saturated rings. The molecule has 1 heterocycles. The van der Waals surface area contributed by atoms with Crippen LogP contribution in [0.2, 0.25) is 0 Å². The summed E-state index contributed by atoms with van der Waals surface area (Å²) in [6.45, 7) is 5.50. The molecule has 0 bridgehead atoms. The molecular weight excluding hydrogens is 262 g/mol. The Labute approximate surface area is 126 Å². The van der Waals surface area contributed by atoms with Gasteiger partial charge in [0.05, 0.1) is 19.3 Å². The number of nitrogens with one attached hydrogen (secondary N) is 1. The summed E-state index contributed by atoms with van der Waals surface area (Å²) in [5.41, 5.74) is 2.35. The molecule has 0 aliphatic heterocycles. The predicted octanol–water partition coefficient (Wildman–Crippen LogP) is 4.12. The fourth-order valence-corrected chi connectivity index (χ4v) is 2.39. The molecule has 2 aromatic rings. The lowest BCUT2D eigenvalue weighted by molar-refractivity contribution is 0.0519. The fraction of sp³-hybridized carbons (Fsp3) is 0.444. The van der Waals surface area contributed by atoms with E-state index in [9.17, 15) is 0 Å². The summed E-state index contributed by atoms with van der Waals surface area (Å²) in [6.07, 6.45) is 2.68. The van der Waals surface area contributed by atoms with Crippen LogP contribution in [-0.4, -0.2) is 6.04 Å². The summed E-state index contributed by atoms with van der Waals surface area (Å²) in [4.78, 5) is 0. The maximum absolute atomic E-state index is 5.97. The summed E-state index contributed by atoms with van der Waals surface area (Å²) >= 11 is 0. The van der Waals surface area contributed by atoms with Crippen LogP contribution in [0.15, 0.2) is 40.8 Å². The average Bonchev–Trinajstić information content (AvgIpc) is 3.27. The van der Waals surface area contributed by atoms with Crippen molar-refractivity contribution >= 4 is 0 Å². The van der Waals surface area contributed by atoms with Gasteiger partial charge in [-0.3, -0.25) is 0 Å². The van der Waals surface area contributed by atoms with Gasteiger partial charge in [-0.2, -0.15) is 0 Å². The van der Waals surface area contributed by atoms with Crippen LogP contribution in [0.25, 0.3) is 0 Å². The van der Waals surface area contributed by atoms with Crippen molar-refractivity contribution in [2.75, 3.05) is 0 Å². The molecule has 1 aromatic carbocycles. The number of ether oxygens (including phenoxy) is 1. The number of benzene rings is 1. The van der Waals surface area contributed by atoms with Gasteiger partial charge in [0.2, 0.25) is 0 Å². The van der Waals surface area contributed by atoms with Gasteiger partial charge in [-0.25, -0.2) is 0 Å². The highest BCUT2D eigenvalue weighted by Gasteiger charge is 2.21. The lowest BCUT2D eigenvalue weighted by atomic mass is 10.1. The molecule has 3 nitrogen and oxygen atoms in total. The van der Waals surface area contributed by atoms with E-state index in [-0.39, 0.29) is 6.10 Å². The highest BCUT2D eigenvalue weighted by Crippen LogP contribution is 2.23. The fourth-order valence-electron chi connectivity index (χ4n) is 2.39. The normalized spacial score (nSPS) is 16.1. The number of rotatable bonds is 7. The first kappa shape index (κ1) is 14.4. The van der Waals surface area contributed by atoms with Gasteiger partial charge in [0.25, 0.3) is 0 Å². The van der Waals surface area contributed by atoms with Crippen molar-refractivity contribution in [2.45, 2.75) is 52.0 Å². The van der Waals surface area contributed by atoms with Crippen LogP contribution in [0.1, 0.15) is 48.5 Å². The summed E-state index contributed by atoms with van der Waals surface area (Å²) in [6, 6.07) is 13.1. The monoisotopic (exact) mass is 285 g/mol. The molecule has 0 radical (unpaired) electrons. The molecule has 1 aliphatic rings. The first-order valence-corrected chi connectivity index (χ1v) is 7.70. The molecule has 0 spiro atoms. The number of aryl methyl sites for hydroxylation is 1. The Kier molecular flexibility index (Phi) is 4.42. The second kappa shape index (κ2) is 6.46. The molecule has 1 unspecified atom stereocenters. The van der Waals surface area contributed by atoms with E-state index in [1.54, 1.807) is 0 Å². The van der Waals surface area contributed by atoms with E-state index in [1.807, 2.05) is 25.1 Å². The van der Waals surface area contributed by atoms with Gasteiger partial charge in [0.15, 0.2) is 0 Å². The summed E-state index contributed by atoms with van der Waals surface area (Å²) in [5, 5.41) is 3.47. The second-order valence-electron chi connectivity index (χ2n) is 5.81. The quantitative estimate of drug-likeness (QED) is 0.831. The third kappa shape index (κ3) is 3.96. The third-order valence-corrected chi connectivity index (χ3v) is 3.97. The number of furan rings is 1. The van der Waals surface area contributed by atoms with Crippen molar-refractivity contribution in [3.63, 3.8) is 0 Å². The molecule has 3 rings (SSSR count). The van der Waals surface area contributed by atoms with Crippen molar-refractivity contribution < 1.29 is 9.15 Å². The van der Waals surface area contributed by atoms with Gasteiger partial charge in [-0.05, 0) is 38.3 Å². The van der Waals surface area contributed by atoms with Crippen LogP contribution in [0.4, 0.5) is 0 Å². The Morgan fingerprint density at radius 1 is 1.29 bits per heavy atom. The minimum Gasteiger partial charge on any atom is -0.465 e. The SMILES string of the molecule is Cc1oc(CNC2CC2)cc1COC(C)c1ccccc1. The van der Waals surface area contributed by atoms with Crippen LogP contribution < -0.4 is 5.32 Å². The molecule has 1 atom stereocenters. The van der Waals surface area contributed by atoms with Crippen molar-refractivity contribution in [3.05, 3.63) is 59.0 Å². The first-order valence-electron chi connectivity index (χ1n) is 7.70. The minimum atomic E-state index is 0.0912. The van der Waals surface area contributed by atoms with Crippen molar-refractivity contribution in [2.24, 2.45) is 0 Å². The van der Waals surface area contributed by atoms with Crippen LogP contribution in [0.5, 0.6) is 0 Å². The molecule has 1 N–H and O–H groups in total. The summed E-state index contributed by atoms with van der Waals surface area (Å²) < 4.78 is 11.8. The Hall–Kier alpha value is -1.58. The lowest BCUT2D eigenvalue weighted by Gasteiger charge is -2.12. The lowest BCUT2D eigenvalue weighted by Crippen LogP contribution is -2.14. The predicted molar refractivity (Wildman–Crippen MR) is 83.0 cm³/mol. The molecule has 1 aromatic heterocycles. The molecule has 0 amide bonds. The maximum atomic E-state index is 5.97. The molecule has 0 saturated heterocycles. The standard InChI is InChI=1S/C18H23NO2/c1-13(15-6-4-3-5-7-15)20-12-16-10-18(21-14(16)2)11-19-17-8-9-17/h3-7,10,13,17,19H,8-9,11-12H2,1-2H3. The van der Waals surface area contributed by atoms with E-state index in [0.717, 1.165) is 23.6 Å². The summed E-state index contributed by atoms with van der Waals surface area (Å²) in [7, 11) is 0. The van der Waals surface area contributed by atoms with E-state index in [2.05, 4.69) is 30.4 Å². The second-order valence-corrected chi connectivity index (χ2v) is 5.81. The zero-order valence-corrected chi connectivity index (χ0v) is 12.8. The number of hydrogen-bond acceptors (Lipinski definition) is 3. The molecule has 1 aliphatic carbocycles. The van der Waals surface area contributed by atoms with E-state index in [0.29, 0.717) is 12.6 Å². The third-order valence-electron chi connectivity index (χ3n) is 3.97. The summed E-state index contributed by atoms with van der Waals surface area (Å²) in [5.74, 6) is 1.97. The van der Waals surface area contributed by atoms with Crippen LogP contribution in [-0.2, 0) is 17.9 Å².